The zero-order valence-electron chi connectivity index (χ0n) is 5.74. The molecule has 8 heavy (non-hydrogen) atoms. The molecule has 1 rings (SSSR count). The summed E-state index contributed by atoms with van der Waals surface area (Å²) in [6.07, 6.45) is 2.89. The van der Waals surface area contributed by atoms with E-state index in [9.17, 15) is 5.21 Å². The van der Waals surface area contributed by atoms with Crippen molar-refractivity contribution in [2.24, 2.45) is 0 Å². The van der Waals surface area contributed by atoms with Crippen LogP contribution in [0, 0.1) is 5.21 Å². The molecule has 1 aromatic heterocycles. The van der Waals surface area contributed by atoms with Gasteiger partial charge in [0.05, 0.1) is 0 Å². The van der Waals surface area contributed by atoms with Gasteiger partial charge in [0.2, 0.25) is 0 Å². The molecule has 0 atom stereocenters. The molecule has 38 valence electrons. The van der Waals surface area contributed by atoms with E-state index in [2.05, 4.69) is 0 Å². The first-order chi connectivity index (χ1) is 3.39. The molecule has 0 aliphatic carbocycles. The average molecular weight is 119 g/mol. The fourth-order valence-corrected chi connectivity index (χ4v) is 0.383. The second-order valence-corrected chi connectivity index (χ2v) is 1.24. The third-order valence-electron chi connectivity index (χ3n) is 0.688. The fourth-order valence-electron chi connectivity index (χ4n) is 0.383. The second-order valence-electron chi connectivity index (χ2n) is 1.24. The second kappa shape index (κ2) is 3.89. The van der Waals surface area contributed by atoms with Gasteiger partial charge in [-0.2, -0.15) is 4.73 Å². The number of hydrogen-bond donors (Lipinski definition) is 0. The SMILES string of the molecule is [H-].[Na+].[O-][n+]1ccccc1. The molecule has 3 heteroatoms. The first-order valence-corrected chi connectivity index (χ1v) is 2.03. The van der Waals surface area contributed by atoms with Gasteiger partial charge in [-0.05, 0) is 0 Å². The Bertz CT molecular complexity index is 147. The van der Waals surface area contributed by atoms with Gasteiger partial charge in [0.25, 0.3) is 0 Å². The zero-order valence-corrected chi connectivity index (χ0v) is 6.74. The van der Waals surface area contributed by atoms with Crippen LogP contribution >= 0.6 is 0 Å². The predicted octanol–water partition coefficient (Wildman–Crippen LogP) is -2.56. The van der Waals surface area contributed by atoms with E-state index < -0.39 is 0 Å². The van der Waals surface area contributed by atoms with E-state index in [-0.39, 0.29) is 31.0 Å². The van der Waals surface area contributed by atoms with Crippen LogP contribution in [0.4, 0.5) is 0 Å². The molecule has 0 spiro atoms. The molecule has 1 heterocycles. The van der Waals surface area contributed by atoms with E-state index in [1.807, 2.05) is 0 Å². The van der Waals surface area contributed by atoms with Gasteiger partial charge in [-0.25, -0.2) is 0 Å². The fraction of sp³-hybridized carbons (Fsp3) is 0. The van der Waals surface area contributed by atoms with Crippen LogP contribution in [-0.2, 0) is 0 Å². The van der Waals surface area contributed by atoms with Crippen LogP contribution in [0.3, 0.4) is 0 Å². The average Bonchev–Trinajstić information content (AvgIpc) is 1.69. The van der Waals surface area contributed by atoms with Crippen molar-refractivity contribution in [3.63, 3.8) is 0 Å². The summed E-state index contributed by atoms with van der Waals surface area (Å²) in [6.45, 7) is 0. The van der Waals surface area contributed by atoms with Gasteiger partial charge in [0.15, 0.2) is 12.4 Å². The van der Waals surface area contributed by atoms with E-state index in [0.29, 0.717) is 0 Å². The Labute approximate surface area is 71.5 Å². The number of hydrogen-bond acceptors (Lipinski definition) is 1. The Morgan fingerprint density at radius 3 is 1.88 bits per heavy atom. The van der Waals surface area contributed by atoms with Crippen molar-refractivity contribution in [1.29, 1.82) is 0 Å². The third-order valence-corrected chi connectivity index (χ3v) is 0.688. The summed E-state index contributed by atoms with van der Waals surface area (Å²) in [4.78, 5) is 0. The van der Waals surface area contributed by atoms with Crippen molar-refractivity contribution in [2.45, 2.75) is 0 Å². The summed E-state index contributed by atoms with van der Waals surface area (Å²) in [7, 11) is 0. The van der Waals surface area contributed by atoms with Gasteiger partial charge in [0, 0.05) is 12.1 Å². The van der Waals surface area contributed by atoms with Gasteiger partial charge in [-0.3, -0.25) is 0 Å². The van der Waals surface area contributed by atoms with Gasteiger partial charge >= 0.3 is 29.6 Å². The van der Waals surface area contributed by atoms with Crippen LogP contribution in [-0.4, -0.2) is 0 Å². The first-order valence-electron chi connectivity index (χ1n) is 2.03. The van der Waals surface area contributed by atoms with Gasteiger partial charge < -0.3 is 6.63 Å². The molecule has 0 fully saturated rings. The maximum atomic E-state index is 10.2. The number of aromatic nitrogens is 1. The number of rotatable bonds is 0. The smallest absolute Gasteiger partial charge is 1.00 e. The predicted molar refractivity (Wildman–Crippen MR) is 26.5 cm³/mol. The Morgan fingerprint density at radius 1 is 1.12 bits per heavy atom. The van der Waals surface area contributed by atoms with Crippen molar-refractivity contribution in [1.82, 2.24) is 0 Å². The molecule has 0 aromatic carbocycles. The van der Waals surface area contributed by atoms with Crippen LogP contribution in [0.1, 0.15) is 1.43 Å². The summed E-state index contributed by atoms with van der Waals surface area (Å²) in [5.74, 6) is 0. The van der Waals surface area contributed by atoms with E-state index in [1.54, 1.807) is 18.2 Å². The Balaban J connectivity index is 0. The van der Waals surface area contributed by atoms with Gasteiger partial charge in [-0.15, -0.1) is 0 Å². The molecule has 0 aliphatic rings. The number of pyridine rings is 1. The molecule has 0 saturated carbocycles. The van der Waals surface area contributed by atoms with E-state index in [1.165, 1.54) is 12.4 Å². The minimum Gasteiger partial charge on any atom is -1.00 e. The minimum absolute atomic E-state index is 0. The molecule has 0 radical (unpaired) electrons. The largest absolute Gasteiger partial charge is 1.00 e. The van der Waals surface area contributed by atoms with Crippen molar-refractivity contribution in [2.75, 3.05) is 0 Å². The van der Waals surface area contributed by atoms with Crippen LogP contribution < -0.4 is 34.3 Å². The Morgan fingerprint density at radius 2 is 1.62 bits per heavy atom. The molecule has 0 aliphatic heterocycles. The van der Waals surface area contributed by atoms with Crippen molar-refractivity contribution in [3.05, 3.63) is 35.8 Å². The first kappa shape index (κ1) is 7.95. The molecular weight excluding hydrogens is 113 g/mol. The molecule has 0 unspecified atom stereocenters. The molecule has 0 saturated heterocycles. The van der Waals surface area contributed by atoms with Crippen LogP contribution in [0.5, 0.6) is 0 Å². The minimum atomic E-state index is 0. The van der Waals surface area contributed by atoms with Crippen LogP contribution in [0.15, 0.2) is 30.6 Å². The maximum Gasteiger partial charge on any atom is 1.00 e. The van der Waals surface area contributed by atoms with Crippen LogP contribution in [0.2, 0.25) is 0 Å². The van der Waals surface area contributed by atoms with Crippen molar-refractivity contribution >= 4 is 0 Å². The van der Waals surface area contributed by atoms with Gasteiger partial charge in [0.1, 0.15) is 0 Å². The summed E-state index contributed by atoms with van der Waals surface area (Å²) >= 11 is 0. The van der Waals surface area contributed by atoms with E-state index in [4.69, 9.17) is 0 Å². The Hall–Kier alpha value is -0.0500. The normalized spacial score (nSPS) is 7.50. The molecule has 1 aromatic rings. The maximum absolute atomic E-state index is 10.2. The standard InChI is InChI=1S/C5H5NO.Na.H/c7-6-4-2-1-3-5-6;;/h1-5H;;/q;+1;-1. The summed E-state index contributed by atoms with van der Waals surface area (Å²) in [5.41, 5.74) is 0. The topological polar surface area (TPSA) is 26.9 Å². The van der Waals surface area contributed by atoms with Crippen molar-refractivity contribution in [3.8, 4) is 0 Å². The molecule has 0 amide bonds. The summed E-state index contributed by atoms with van der Waals surface area (Å²) < 4.78 is 0.750. The quantitative estimate of drug-likeness (QED) is 0.209. The number of nitrogens with zero attached hydrogens (tertiary/aromatic N) is 1. The summed E-state index contributed by atoms with van der Waals surface area (Å²) in [6, 6.07) is 5.18. The summed E-state index contributed by atoms with van der Waals surface area (Å²) in [5, 5.41) is 10.2. The van der Waals surface area contributed by atoms with Crippen LogP contribution in [0.25, 0.3) is 0 Å². The third kappa shape index (κ3) is 2.31. The molecule has 2 nitrogen and oxygen atoms in total. The Kier molecular flexibility index (Phi) is 3.87. The van der Waals surface area contributed by atoms with Gasteiger partial charge in [-0.1, -0.05) is 6.07 Å². The monoisotopic (exact) mass is 119 g/mol. The molecule has 0 bridgehead atoms. The zero-order chi connectivity index (χ0) is 5.11. The van der Waals surface area contributed by atoms with E-state index in [0.717, 1.165) is 4.73 Å². The molecule has 0 N–H and O–H groups in total. The molecular formula is C5H6NNaO. The van der Waals surface area contributed by atoms with Crippen molar-refractivity contribution < 1.29 is 35.7 Å². The van der Waals surface area contributed by atoms with E-state index >= 15 is 0 Å².